The van der Waals surface area contributed by atoms with Crippen LogP contribution in [0.1, 0.15) is 13.8 Å². The minimum Gasteiger partial charge on any atom is -0.487 e. The Morgan fingerprint density at radius 3 is 2.50 bits per heavy atom. The Kier molecular flexibility index (Phi) is 8.71. The molecular weight excluding hydrogens is 547 g/mol. The van der Waals surface area contributed by atoms with Crippen LogP contribution < -0.4 is 10.1 Å². The molecule has 0 fully saturated rings. The lowest BCUT2D eigenvalue weighted by Crippen LogP contribution is -2.50. The number of aliphatic hydroxyl groups is 1. The molecule has 3 atom stereocenters. The Bertz CT molecular complexity index is 1500. The Morgan fingerprint density at radius 1 is 1.10 bits per heavy atom. The number of nitrogens with one attached hydrogen (secondary N) is 1. The predicted molar refractivity (Wildman–Crippen MR) is 144 cm³/mol. The lowest BCUT2D eigenvalue weighted by molar-refractivity contribution is 0.0830. The number of carbonyl (C=O) groups excluding carboxylic acids is 1. The number of benzene rings is 3. The van der Waals surface area contributed by atoms with Crippen LogP contribution in [-0.4, -0.2) is 67.7 Å². The van der Waals surface area contributed by atoms with E-state index < -0.39 is 58.2 Å². The number of hydrogen-bond donors (Lipinski definition) is 2. The first-order valence-corrected chi connectivity index (χ1v) is 14.0. The summed E-state index contributed by atoms with van der Waals surface area (Å²) >= 11 is 0. The fraction of sp³-hybridized carbons (Fsp3) is 0.321. The number of nitrogens with zero attached hydrogens (tertiary/aromatic N) is 2. The Hall–Kier alpha value is -3.61. The van der Waals surface area contributed by atoms with Crippen LogP contribution in [0.15, 0.2) is 65.6 Å². The molecule has 4 rings (SSSR count). The average Bonchev–Trinajstić information content (AvgIpc) is 2.91. The Morgan fingerprint density at radius 2 is 1.80 bits per heavy atom. The van der Waals surface area contributed by atoms with Gasteiger partial charge in [0.1, 0.15) is 34.2 Å². The van der Waals surface area contributed by atoms with Crippen molar-refractivity contribution in [1.82, 2.24) is 9.21 Å². The molecule has 0 aliphatic carbocycles. The van der Waals surface area contributed by atoms with Crippen LogP contribution in [0.25, 0.3) is 11.1 Å². The number of fused-ring (bicyclic) bond motifs is 1. The summed E-state index contributed by atoms with van der Waals surface area (Å²) in [6, 6.07) is 11.4. The molecule has 8 nitrogen and oxygen atoms in total. The summed E-state index contributed by atoms with van der Waals surface area (Å²) in [6.07, 6.45) is -0.751. The average molecular weight is 578 g/mol. The highest BCUT2D eigenvalue weighted by atomic mass is 32.2. The summed E-state index contributed by atoms with van der Waals surface area (Å²) in [7, 11) is -2.67. The van der Waals surface area contributed by atoms with Crippen molar-refractivity contribution >= 4 is 21.7 Å². The van der Waals surface area contributed by atoms with E-state index in [1.165, 1.54) is 46.6 Å². The van der Waals surface area contributed by atoms with Gasteiger partial charge in [0.25, 0.3) is 0 Å². The molecule has 3 aromatic rings. The zero-order chi connectivity index (χ0) is 29.2. The van der Waals surface area contributed by atoms with Gasteiger partial charge >= 0.3 is 6.03 Å². The number of ether oxygens (including phenoxy) is 1. The molecule has 2 amide bonds. The van der Waals surface area contributed by atoms with Gasteiger partial charge < -0.3 is 20.1 Å². The number of rotatable bonds is 6. The molecule has 0 unspecified atom stereocenters. The predicted octanol–water partition coefficient (Wildman–Crippen LogP) is 4.70. The standard InChI is InChI=1S/C28H30F3N3O5S/c1-17-14-34(18(2)16-35)40(37,38)27-10-7-20(19-5-4-6-21(29)11-19)12-25(27)39-26(17)15-33(3)28(36)32-24-13-22(30)8-9-23(24)31/h4-13,17-18,26,35H,14-16H2,1-3H3,(H,32,36)/t17-,18-,26+/m0/s1. The second-order valence-electron chi connectivity index (χ2n) is 9.85. The first-order chi connectivity index (χ1) is 18.9. The van der Waals surface area contributed by atoms with Gasteiger partial charge in [0.15, 0.2) is 0 Å². The van der Waals surface area contributed by atoms with Crippen LogP contribution >= 0.6 is 0 Å². The lowest BCUT2D eigenvalue weighted by Gasteiger charge is -2.37. The molecular formula is C28H30F3N3O5S. The number of hydrogen-bond acceptors (Lipinski definition) is 5. The maximum atomic E-state index is 14.1. The molecule has 0 aromatic heterocycles. The van der Waals surface area contributed by atoms with Crippen molar-refractivity contribution in [2.45, 2.75) is 30.9 Å². The summed E-state index contributed by atoms with van der Waals surface area (Å²) in [5, 5.41) is 12.1. The normalized spacial score (nSPS) is 19.5. The van der Waals surface area contributed by atoms with Gasteiger partial charge in [-0.3, -0.25) is 0 Å². The van der Waals surface area contributed by atoms with E-state index in [9.17, 15) is 31.5 Å². The van der Waals surface area contributed by atoms with Crippen LogP contribution in [0.4, 0.5) is 23.7 Å². The van der Waals surface area contributed by atoms with Crippen molar-refractivity contribution in [3.05, 3.63) is 78.1 Å². The quantitative estimate of drug-likeness (QED) is 0.443. The fourth-order valence-corrected chi connectivity index (χ4v) is 6.27. The zero-order valence-corrected chi connectivity index (χ0v) is 23.0. The van der Waals surface area contributed by atoms with Crippen molar-refractivity contribution in [3.8, 4) is 16.9 Å². The summed E-state index contributed by atoms with van der Waals surface area (Å²) in [5.74, 6) is -2.47. The lowest BCUT2D eigenvalue weighted by atomic mass is 10.0. The molecule has 0 saturated heterocycles. The van der Waals surface area contributed by atoms with Crippen molar-refractivity contribution in [3.63, 3.8) is 0 Å². The van der Waals surface area contributed by atoms with Gasteiger partial charge in [-0.2, -0.15) is 4.31 Å². The molecule has 0 bridgehead atoms. The molecule has 3 aromatic carbocycles. The van der Waals surface area contributed by atoms with Crippen molar-refractivity contribution in [1.29, 1.82) is 0 Å². The van der Waals surface area contributed by atoms with E-state index in [4.69, 9.17) is 4.74 Å². The third-order valence-corrected chi connectivity index (χ3v) is 8.82. The van der Waals surface area contributed by atoms with E-state index in [-0.39, 0.29) is 29.4 Å². The highest BCUT2D eigenvalue weighted by Crippen LogP contribution is 2.36. The first kappa shape index (κ1) is 29.4. The third kappa shape index (κ3) is 6.24. The molecule has 0 radical (unpaired) electrons. The number of urea groups is 1. The number of halogens is 3. The zero-order valence-electron chi connectivity index (χ0n) is 22.1. The topological polar surface area (TPSA) is 99.2 Å². The number of amides is 2. The second-order valence-corrected chi connectivity index (χ2v) is 11.7. The largest absolute Gasteiger partial charge is 0.487 e. The van der Waals surface area contributed by atoms with Gasteiger partial charge in [-0.15, -0.1) is 0 Å². The van der Waals surface area contributed by atoms with Crippen LogP contribution in [0.2, 0.25) is 0 Å². The highest BCUT2D eigenvalue weighted by Gasteiger charge is 2.38. The molecule has 214 valence electrons. The molecule has 0 saturated carbocycles. The fourth-order valence-electron chi connectivity index (χ4n) is 4.45. The minimum atomic E-state index is -4.11. The highest BCUT2D eigenvalue weighted by molar-refractivity contribution is 7.89. The van der Waals surface area contributed by atoms with E-state index in [2.05, 4.69) is 5.32 Å². The molecule has 1 aliphatic heterocycles. The van der Waals surface area contributed by atoms with Gasteiger partial charge in [-0.05, 0) is 54.4 Å². The van der Waals surface area contributed by atoms with E-state index in [1.54, 1.807) is 26.0 Å². The van der Waals surface area contributed by atoms with Crippen LogP contribution in [0.3, 0.4) is 0 Å². The van der Waals surface area contributed by atoms with Gasteiger partial charge in [0.2, 0.25) is 10.0 Å². The van der Waals surface area contributed by atoms with Gasteiger partial charge in [0, 0.05) is 31.6 Å². The summed E-state index contributed by atoms with van der Waals surface area (Å²) in [6.45, 7) is 2.84. The number of sulfonamides is 1. The van der Waals surface area contributed by atoms with Gasteiger partial charge in [-0.1, -0.05) is 25.1 Å². The van der Waals surface area contributed by atoms with E-state index >= 15 is 0 Å². The van der Waals surface area contributed by atoms with Gasteiger partial charge in [0.05, 0.1) is 18.8 Å². The van der Waals surface area contributed by atoms with Crippen LogP contribution in [0, 0.1) is 23.4 Å². The number of likely N-dealkylation sites (N-methyl/N-ethyl adjacent to an activating group) is 1. The minimum absolute atomic E-state index is 0.00145. The number of aliphatic hydroxyl groups excluding tert-OH is 1. The molecule has 40 heavy (non-hydrogen) atoms. The summed E-state index contributed by atoms with van der Waals surface area (Å²) in [5.41, 5.74) is 0.683. The Labute approximate surface area is 231 Å². The van der Waals surface area contributed by atoms with Crippen LogP contribution in [0.5, 0.6) is 5.75 Å². The number of anilines is 1. The maximum Gasteiger partial charge on any atom is 0.321 e. The van der Waals surface area contributed by atoms with Gasteiger partial charge in [-0.25, -0.2) is 26.4 Å². The van der Waals surface area contributed by atoms with Crippen LogP contribution in [-0.2, 0) is 10.0 Å². The van der Waals surface area contributed by atoms with Crippen molar-refractivity contribution in [2.24, 2.45) is 5.92 Å². The molecule has 2 N–H and O–H groups in total. The summed E-state index contributed by atoms with van der Waals surface area (Å²) < 4.78 is 76.3. The molecule has 12 heteroatoms. The molecule has 1 aliphatic rings. The summed E-state index contributed by atoms with van der Waals surface area (Å²) in [4.78, 5) is 13.9. The smallest absolute Gasteiger partial charge is 0.321 e. The molecule has 1 heterocycles. The monoisotopic (exact) mass is 577 g/mol. The Balaban J connectivity index is 1.69. The van der Waals surface area contributed by atoms with Crippen molar-refractivity contribution in [2.75, 3.05) is 32.1 Å². The van der Waals surface area contributed by atoms with E-state index in [1.807, 2.05) is 0 Å². The van der Waals surface area contributed by atoms with E-state index in [0.29, 0.717) is 11.1 Å². The SMILES string of the molecule is C[C@H]1CN([C@@H](C)CO)S(=O)(=O)c2ccc(-c3cccc(F)c3)cc2O[C@@H]1CN(C)C(=O)Nc1cc(F)ccc1F. The molecule has 0 spiro atoms. The van der Waals surface area contributed by atoms with Crippen molar-refractivity contribution < 1.29 is 36.2 Å². The van der Waals surface area contributed by atoms with E-state index in [0.717, 1.165) is 18.2 Å². The second kappa shape index (κ2) is 11.9. The third-order valence-electron chi connectivity index (χ3n) is 6.80. The first-order valence-electron chi connectivity index (χ1n) is 12.6. The maximum absolute atomic E-state index is 14.1. The number of carbonyl (C=O) groups is 1.